The quantitative estimate of drug-likeness (QED) is 0.389. The number of anilines is 1. The third kappa shape index (κ3) is 3.04. The number of carbonyl (C=O) groups excluding carboxylic acids is 3. The van der Waals surface area contributed by atoms with Crippen molar-refractivity contribution in [2.75, 3.05) is 26.1 Å². The summed E-state index contributed by atoms with van der Waals surface area (Å²) in [5.74, 6) is -2.56. The highest BCUT2D eigenvalue weighted by molar-refractivity contribution is 6.36. The molecule has 37 heavy (non-hydrogen) atoms. The normalized spacial score (nSPS) is 26.9. The fraction of sp³-hybridized carbons (Fsp3) is 0.250. The van der Waals surface area contributed by atoms with Gasteiger partial charge < -0.3 is 14.8 Å². The summed E-state index contributed by atoms with van der Waals surface area (Å²) in [5.41, 5.74) is 3.22. The van der Waals surface area contributed by atoms with Crippen molar-refractivity contribution in [2.45, 2.75) is 9.75 Å². The Kier molecular flexibility index (Phi) is 5.30. The molecule has 3 aromatic rings. The predicted molar refractivity (Wildman–Crippen MR) is 138 cm³/mol. The Bertz CT molecular complexity index is 1370. The zero-order valence-electron chi connectivity index (χ0n) is 20.0. The van der Waals surface area contributed by atoms with Gasteiger partial charge in [-0.15, -0.1) is 23.2 Å². The molecular weight excluding hydrogens is 515 g/mol. The van der Waals surface area contributed by atoms with Crippen molar-refractivity contribution in [3.63, 3.8) is 0 Å². The van der Waals surface area contributed by atoms with E-state index in [-0.39, 0.29) is 0 Å². The summed E-state index contributed by atoms with van der Waals surface area (Å²) in [4.78, 5) is 39.1. The van der Waals surface area contributed by atoms with Crippen LogP contribution in [-0.2, 0) is 24.1 Å². The summed E-state index contributed by atoms with van der Waals surface area (Å²) in [6.45, 7) is -0.480. The Morgan fingerprint density at radius 3 is 1.76 bits per heavy atom. The number of ether oxygens (including phenoxy) is 2. The van der Waals surface area contributed by atoms with Gasteiger partial charge in [0, 0.05) is 6.07 Å². The summed E-state index contributed by atoms with van der Waals surface area (Å²) in [6, 6.07) is 19.7. The van der Waals surface area contributed by atoms with Gasteiger partial charge in [0.2, 0.25) is 17.7 Å². The maximum atomic E-state index is 13.8. The molecule has 7 nitrogen and oxygen atoms in total. The van der Waals surface area contributed by atoms with Gasteiger partial charge in [-0.25, -0.2) is 0 Å². The van der Waals surface area contributed by atoms with Gasteiger partial charge in [0.1, 0.15) is 27.8 Å². The first-order valence-electron chi connectivity index (χ1n) is 11.7. The van der Waals surface area contributed by atoms with Gasteiger partial charge in [0.05, 0.1) is 31.7 Å². The number of methoxy groups -OCH3 is 2. The number of likely N-dealkylation sites (tertiary alicyclic amines) is 1. The van der Waals surface area contributed by atoms with Crippen LogP contribution in [0.5, 0.6) is 11.5 Å². The second kappa shape index (κ2) is 8.23. The number of imide groups is 1. The molecule has 4 aliphatic rings. The van der Waals surface area contributed by atoms with Crippen LogP contribution in [0.3, 0.4) is 0 Å². The van der Waals surface area contributed by atoms with E-state index in [0.717, 1.165) is 4.90 Å². The Morgan fingerprint density at radius 2 is 1.32 bits per heavy atom. The molecule has 1 N–H and O–H groups in total. The van der Waals surface area contributed by atoms with Crippen LogP contribution in [0, 0.1) is 11.8 Å². The molecule has 1 saturated heterocycles. The van der Waals surface area contributed by atoms with E-state index >= 15 is 0 Å². The molecule has 0 radical (unpaired) electrons. The number of nitrogens with one attached hydrogen (secondary N) is 1. The Hall–Kier alpha value is -3.55. The number of rotatable bonds is 5. The first-order chi connectivity index (χ1) is 17.8. The molecule has 1 fully saturated rings. The zero-order chi connectivity index (χ0) is 26.1. The first-order valence-corrected chi connectivity index (χ1v) is 12.5. The number of alkyl halides is 2. The highest BCUT2D eigenvalue weighted by Gasteiger charge is 2.73. The molecule has 2 bridgehead atoms. The summed E-state index contributed by atoms with van der Waals surface area (Å²) in [5, 5.41) is 2.72. The molecule has 2 atom stereocenters. The minimum absolute atomic E-state index is 0.379. The molecule has 3 aliphatic carbocycles. The molecule has 1 aliphatic heterocycles. The number of hydrogen-bond donors (Lipinski definition) is 1. The van der Waals surface area contributed by atoms with E-state index in [1.807, 2.05) is 48.5 Å². The van der Waals surface area contributed by atoms with Gasteiger partial charge >= 0.3 is 0 Å². The summed E-state index contributed by atoms with van der Waals surface area (Å²) in [6.07, 6.45) is 0. The summed E-state index contributed by atoms with van der Waals surface area (Å²) in [7, 11) is 2.99. The molecule has 1 heterocycles. The maximum Gasteiger partial charge on any atom is 0.244 e. The first kappa shape index (κ1) is 23.8. The van der Waals surface area contributed by atoms with Crippen LogP contribution in [0.25, 0.3) is 0 Å². The molecule has 3 aromatic carbocycles. The van der Waals surface area contributed by atoms with Crippen LogP contribution >= 0.6 is 23.2 Å². The number of halogens is 2. The van der Waals surface area contributed by atoms with Crippen LogP contribution in [0.4, 0.5) is 5.69 Å². The average molecular weight is 537 g/mol. The molecule has 0 spiro atoms. The van der Waals surface area contributed by atoms with Crippen LogP contribution in [0.15, 0.2) is 66.7 Å². The van der Waals surface area contributed by atoms with Crippen molar-refractivity contribution >= 4 is 46.6 Å². The Morgan fingerprint density at radius 1 is 0.838 bits per heavy atom. The van der Waals surface area contributed by atoms with Crippen LogP contribution in [0.1, 0.15) is 22.3 Å². The number of carbonyl (C=O) groups is 3. The summed E-state index contributed by atoms with van der Waals surface area (Å²) < 4.78 is 10.5. The van der Waals surface area contributed by atoms with Crippen molar-refractivity contribution < 1.29 is 23.9 Å². The molecule has 0 saturated carbocycles. The Labute approximate surface area is 223 Å². The van der Waals surface area contributed by atoms with Crippen LogP contribution < -0.4 is 14.8 Å². The van der Waals surface area contributed by atoms with Gasteiger partial charge in [-0.1, -0.05) is 48.5 Å². The fourth-order valence-corrected chi connectivity index (χ4v) is 7.21. The third-order valence-electron chi connectivity index (χ3n) is 7.66. The molecule has 3 amide bonds. The predicted octanol–water partition coefficient (Wildman–Crippen LogP) is 4.24. The molecule has 188 valence electrons. The molecular formula is C28H22Cl2N2O5. The largest absolute Gasteiger partial charge is 0.497 e. The number of hydrogen-bond acceptors (Lipinski definition) is 5. The van der Waals surface area contributed by atoms with E-state index < -0.39 is 45.9 Å². The third-order valence-corrected chi connectivity index (χ3v) is 8.95. The van der Waals surface area contributed by atoms with Gasteiger partial charge in [-0.05, 0) is 34.4 Å². The van der Waals surface area contributed by atoms with Crippen molar-refractivity contribution in [1.82, 2.24) is 4.90 Å². The highest BCUT2D eigenvalue weighted by Crippen LogP contribution is 2.69. The maximum absolute atomic E-state index is 13.8. The minimum atomic E-state index is -1.29. The van der Waals surface area contributed by atoms with E-state index in [4.69, 9.17) is 32.7 Å². The van der Waals surface area contributed by atoms with E-state index in [2.05, 4.69) is 5.32 Å². The van der Waals surface area contributed by atoms with Crippen molar-refractivity contribution in [3.8, 4) is 11.5 Å². The van der Waals surface area contributed by atoms with Gasteiger partial charge in [0.15, 0.2) is 0 Å². The molecule has 0 aromatic heterocycles. The van der Waals surface area contributed by atoms with Gasteiger partial charge in [-0.2, -0.15) is 0 Å². The number of benzene rings is 3. The lowest BCUT2D eigenvalue weighted by atomic mass is 9.54. The summed E-state index contributed by atoms with van der Waals surface area (Å²) >= 11 is 14.8. The monoisotopic (exact) mass is 536 g/mol. The van der Waals surface area contributed by atoms with E-state index in [9.17, 15) is 14.4 Å². The zero-order valence-corrected chi connectivity index (χ0v) is 21.5. The van der Waals surface area contributed by atoms with Crippen molar-refractivity contribution in [2.24, 2.45) is 11.8 Å². The average Bonchev–Trinajstić information content (AvgIpc) is 3.17. The van der Waals surface area contributed by atoms with Gasteiger partial charge in [0.25, 0.3) is 0 Å². The van der Waals surface area contributed by atoms with E-state index in [1.165, 1.54) is 14.2 Å². The van der Waals surface area contributed by atoms with Gasteiger partial charge in [-0.3, -0.25) is 19.3 Å². The standard InChI is InChI=1S/C28H22Cl2N2O5/c1-36-15-11-12-20(21(13-15)37-2)31-22(33)14-32-25(34)23-24(26(32)35)28(30)17-8-4-3-7-16(17)27(23,29)18-9-5-6-10-19(18)28/h3-13,23-24H,14H2,1-2H3,(H,31,33)/t23-,24+,27?,28?. The SMILES string of the molecule is COc1ccc(NC(=O)CN2C(=O)[C@@H]3[C@H](C2=O)C2(Cl)c4ccccc4C3(Cl)c3ccccc32)c(OC)c1. The number of nitrogens with zero attached hydrogens (tertiary/aromatic N) is 1. The van der Waals surface area contributed by atoms with Crippen LogP contribution in [0.2, 0.25) is 0 Å². The van der Waals surface area contributed by atoms with E-state index in [1.54, 1.807) is 18.2 Å². The lowest BCUT2D eigenvalue weighted by Gasteiger charge is -2.54. The number of amides is 3. The van der Waals surface area contributed by atoms with E-state index in [0.29, 0.717) is 39.4 Å². The fourth-order valence-electron chi connectivity index (χ4n) is 6.12. The Balaban J connectivity index is 1.37. The lowest BCUT2D eigenvalue weighted by molar-refractivity contribution is -0.142. The topological polar surface area (TPSA) is 84.9 Å². The van der Waals surface area contributed by atoms with Crippen molar-refractivity contribution in [1.29, 1.82) is 0 Å². The highest BCUT2D eigenvalue weighted by atomic mass is 35.5. The smallest absolute Gasteiger partial charge is 0.244 e. The van der Waals surface area contributed by atoms with Crippen molar-refractivity contribution in [3.05, 3.63) is 89.0 Å². The van der Waals surface area contributed by atoms with Crippen LogP contribution in [-0.4, -0.2) is 43.4 Å². The molecule has 7 rings (SSSR count). The lowest BCUT2D eigenvalue weighted by Crippen LogP contribution is -2.57. The second-order valence-electron chi connectivity index (χ2n) is 9.35. The minimum Gasteiger partial charge on any atom is -0.497 e. The molecule has 0 unspecified atom stereocenters. The molecule has 9 heteroatoms. The second-order valence-corrected chi connectivity index (χ2v) is 10.5.